The standard InChI is InChI=1S/C17H16BrN3O2S/c1-2-12-4-3-5-16-13(10-19-17(12)16)11-20-21-24(22,23)15-8-6-14(18)7-9-15/h3-11,19,21H,2H2,1H3. The van der Waals surface area contributed by atoms with Gasteiger partial charge in [-0.2, -0.15) is 13.5 Å². The van der Waals surface area contributed by atoms with E-state index >= 15 is 0 Å². The van der Waals surface area contributed by atoms with Gasteiger partial charge in [0, 0.05) is 27.1 Å². The van der Waals surface area contributed by atoms with Gasteiger partial charge in [-0.15, -0.1) is 0 Å². The maximum absolute atomic E-state index is 12.2. The number of aromatic nitrogens is 1. The fourth-order valence-electron chi connectivity index (χ4n) is 2.47. The Labute approximate surface area is 149 Å². The minimum atomic E-state index is -3.68. The quantitative estimate of drug-likeness (QED) is 0.500. The summed E-state index contributed by atoms with van der Waals surface area (Å²) in [6.45, 7) is 2.09. The van der Waals surface area contributed by atoms with Crippen LogP contribution in [0.25, 0.3) is 10.9 Å². The van der Waals surface area contributed by atoms with E-state index in [1.807, 2.05) is 18.3 Å². The highest BCUT2D eigenvalue weighted by Gasteiger charge is 2.12. The lowest BCUT2D eigenvalue weighted by Crippen LogP contribution is -2.18. The molecule has 24 heavy (non-hydrogen) atoms. The number of H-pyrrole nitrogens is 1. The second-order valence-electron chi connectivity index (χ2n) is 5.24. The Hall–Kier alpha value is -2.12. The molecule has 0 aliphatic heterocycles. The van der Waals surface area contributed by atoms with Crippen molar-refractivity contribution in [1.82, 2.24) is 9.82 Å². The Morgan fingerprint density at radius 2 is 1.96 bits per heavy atom. The number of halogens is 1. The van der Waals surface area contributed by atoms with Crippen molar-refractivity contribution < 1.29 is 8.42 Å². The summed E-state index contributed by atoms with van der Waals surface area (Å²) in [5.74, 6) is 0. The van der Waals surface area contributed by atoms with Crippen molar-refractivity contribution in [3.05, 3.63) is 64.3 Å². The van der Waals surface area contributed by atoms with Crippen LogP contribution in [-0.4, -0.2) is 19.6 Å². The Kier molecular flexibility index (Phi) is 4.73. The molecular formula is C17H16BrN3O2S. The van der Waals surface area contributed by atoms with Gasteiger partial charge in [0.05, 0.1) is 11.1 Å². The minimum Gasteiger partial charge on any atom is -0.360 e. The first-order chi connectivity index (χ1) is 11.5. The van der Waals surface area contributed by atoms with Crippen LogP contribution in [-0.2, 0) is 16.4 Å². The number of hydrogen-bond acceptors (Lipinski definition) is 3. The molecular weight excluding hydrogens is 390 g/mol. The molecule has 0 amide bonds. The molecule has 3 rings (SSSR count). The van der Waals surface area contributed by atoms with Gasteiger partial charge in [-0.25, -0.2) is 4.83 Å². The lowest BCUT2D eigenvalue weighted by atomic mass is 10.1. The molecule has 0 spiro atoms. The van der Waals surface area contributed by atoms with E-state index in [1.54, 1.807) is 12.1 Å². The number of hydrazone groups is 1. The van der Waals surface area contributed by atoms with Gasteiger partial charge in [0.25, 0.3) is 10.0 Å². The van der Waals surface area contributed by atoms with Crippen molar-refractivity contribution in [3.8, 4) is 0 Å². The monoisotopic (exact) mass is 405 g/mol. The molecule has 0 radical (unpaired) electrons. The highest BCUT2D eigenvalue weighted by atomic mass is 79.9. The first-order valence-electron chi connectivity index (χ1n) is 7.40. The molecule has 3 aromatic rings. The van der Waals surface area contributed by atoms with Gasteiger partial charge in [-0.05, 0) is 36.2 Å². The number of aromatic amines is 1. The van der Waals surface area contributed by atoms with Crippen LogP contribution in [0.5, 0.6) is 0 Å². The van der Waals surface area contributed by atoms with Crippen LogP contribution in [0, 0.1) is 0 Å². The number of sulfonamides is 1. The van der Waals surface area contributed by atoms with Crippen LogP contribution < -0.4 is 4.83 Å². The molecule has 1 aromatic heterocycles. The van der Waals surface area contributed by atoms with Crippen LogP contribution in [0.15, 0.2) is 63.1 Å². The Morgan fingerprint density at radius 3 is 2.67 bits per heavy atom. The fraction of sp³-hybridized carbons (Fsp3) is 0.118. The normalized spacial score (nSPS) is 12.1. The summed E-state index contributed by atoms with van der Waals surface area (Å²) in [7, 11) is -3.68. The van der Waals surface area contributed by atoms with Crippen molar-refractivity contribution in [2.24, 2.45) is 5.10 Å². The predicted molar refractivity (Wildman–Crippen MR) is 99.7 cm³/mol. The third-order valence-electron chi connectivity index (χ3n) is 3.72. The maximum atomic E-state index is 12.2. The first-order valence-corrected chi connectivity index (χ1v) is 9.68. The Balaban J connectivity index is 1.83. The number of benzene rings is 2. The van der Waals surface area contributed by atoms with Gasteiger partial charge in [0.15, 0.2) is 0 Å². The minimum absolute atomic E-state index is 0.162. The van der Waals surface area contributed by atoms with Crippen molar-refractivity contribution >= 4 is 43.1 Å². The fourth-order valence-corrected chi connectivity index (χ4v) is 3.53. The van der Waals surface area contributed by atoms with Crippen molar-refractivity contribution in [2.45, 2.75) is 18.2 Å². The summed E-state index contributed by atoms with van der Waals surface area (Å²) in [5, 5.41) is 4.91. The van der Waals surface area contributed by atoms with Crippen LogP contribution in [0.4, 0.5) is 0 Å². The molecule has 0 atom stereocenters. The van der Waals surface area contributed by atoms with E-state index in [1.165, 1.54) is 23.9 Å². The van der Waals surface area contributed by atoms with E-state index in [2.05, 4.69) is 43.8 Å². The molecule has 0 bridgehead atoms. The van der Waals surface area contributed by atoms with Gasteiger partial charge in [-0.3, -0.25) is 0 Å². The molecule has 0 saturated carbocycles. The number of para-hydroxylation sites is 1. The molecule has 0 aliphatic rings. The second kappa shape index (κ2) is 6.78. The SMILES string of the molecule is CCc1cccc2c(C=NNS(=O)(=O)c3ccc(Br)cc3)c[nH]c12. The predicted octanol–water partition coefficient (Wildman–Crippen LogP) is 3.81. The highest BCUT2D eigenvalue weighted by Crippen LogP contribution is 2.21. The molecule has 0 fully saturated rings. The average Bonchev–Trinajstić information content (AvgIpc) is 2.98. The van der Waals surface area contributed by atoms with Crippen LogP contribution >= 0.6 is 15.9 Å². The number of aryl methyl sites for hydroxylation is 1. The van der Waals surface area contributed by atoms with Gasteiger partial charge in [0.2, 0.25) is 0 Å². The number of nitrogens with zero attached hydrogens (tertiary/aromatic N) is 1. The number of nitrogens with one attached hydrogen (secondary N) is 2. The number of fused-ring (bicyclic) bond motifs is 1. The van der Waals surface area contributed by atoms with E-state index in [0.29, 0.717) is 0 Å². The Morgan fingerprint density at radius 1 is 1.21 bits per heavy atom. The van der Waals surface area contributed by atoms with E-state index in [0.717, 1.165) is 27.4 Å². The number of hydrogen-bond donors (Lipinski definition) is 2. The molecule has 5 nitrogen and oxygen atoms in total. The second-order valence-corrected chi connectivity index (χ2v) is 7.82. The van der Waals surface area contributed by atoms with Crippen LogP contribution in [0.2, 0.25) is 0 Å². The summed E-state index contributed by atoms with van der Waals surface area (Å²) in [5.41, 5.74) is 3.10. The summed E-state index contributed by atoms with van der Waals surface area (Å²) < 4.78 is 25.2. The smallest absolute Gasteiger partial charge is 0.276 e. The third-order valence-corrected chi connectivity index (χ3v) is 5.48. The topological polar surface area (TPSA) is 74.3 Å². The van der Waals surface area contributed by atoms with E-state index in [4.69, 9.17) is 0 Å². The third kappa shape index (κ3) is 3.37. The zero-order chi connectivity index (χ0) is 17.2. The molecule has 0 unspecified atom stereocenters. The van der Waals surface area contributed by atoms with E-state index in [-0.39, 0.29) is 4.90 Å². The summed E-state index contributed by atoms with van der Waals surface area (Å²) in [6, 6.07) is 12.4. The van der Waals surface area contributed by atoms with Crippen molar-refractivity contribution in [1.29, 1.82) is 0 Å². The van der Waals surface area contributed by atoms with Gasteiger partial charge < -0.3 is 4.98 Å². The van der Waals surface area contributed by atoms with Crippen LogP contribution in [0.1, 0.15) is 18.1 Å². The zero-order valence-electron chi connectivity index (χ0n) is 13.0. The molecule has 1 heterocycles. The highest BCUT2D eigenvalue weighted by molar-refractivity contribution is 9.10. The van der Waals surface area contributed by atoms with Gasteiger partial charge in [0.1, 0.15) is 0 Å². The van der Waals surface area contributed by atoms with Crippen LogP contribution in [0.3, 0.4) is 0 Å². The summed E-state index contributed by atoms with van der Waals surface area (Å²) in [4.78, 5) is 5.62. The largest absolute Gasteiger partial charge is 0.360 e. The lowest BCUT2D eigenvalue weighted by molar-refractivity contribution is 0.584. The lowest BCUT2D eigenvalue weighted by Gasteiger charge is -2.03. The molecule has 124 valence electrons. The maximum Gasteiger partial charge on any atom is 0.276 e. The van der Waals surface area contributed by atoms with Crippen molar-refractivity contribution in [3.63, 3.8) is 0 Å². The van der Waals surface area contributed by atoms with Gasteiger partial charge in [-0.1, -0.05) is 41.1 Å². The van der Waals surface area contributed by atoms with Gasteiger partial charge >= 0.3 is 0 Å². The molecule has 7 heteroatoms. The molecule has 0 saturated heterocycles. The molecule has 2 N–H and O–H groups in total. The first kappa shape index (κ1) is 16.7. The average molecular weight is 406 g/mol. The molecule has 2 aromatic carbocycles. The zero-order valence-corrected chi connectivity index (χ0v) is 15.4. The van der Waals surface area contributed by atoms with E-state index < -0.39 is 10.0 Å². The summed E-state index contributed by atoms with van der Waals surface area (Å²) in [6.07, 6.45) is 4.25. The summed E-state index contributed by atoms with van der Waals surface area (Å²) >= 11 is 3.28. The Bertz CT molecular complexity index is 992. The number of rotatable bonds is 5. The van der Waals surface area contributed by atoms with E-state index in [9.17, 15) is 8.42 Å². The van der Waals surface area contributed by atoms with Crippen molar-refractivity contribution in [2.75, 3.05) is 0 Å². The molecule has 0 aliphatic carbocycles.